The highest BCUT2D eigenvalue weighted by molar-refractivity contribution is 8.00. The van der Waals surface area contributed by atoms with Crippen molar-refractivity contribution in [1.29, 1.82) is 0 Å². The van der Waals surface area contributed by atoms with Gasteiger partial charge in [0.2, 0.25) is 0 Å². The summed E-state index contributed by atoms with van der Waals surface area (Å²) in [4.78, 5) is 20.4. The number of pyridine rings is 1. The van der Waals surface area contributed by atoms with Gasteiger partial charge in [0.05, 0.1) is 23.1 Å². The van der Waals surface area contributed by atoms with Crippen molar-refractivity contribution in [2.24, 2.45) is 0 Å². The fourth-order valence-corrected chi connectivity index (χ4v) is 5.38. The molecule has 0 radical (unpaired) electrons. The smallest absolute Gasteiger partial charge is 0.253 e. The highest BCUT2D eigenvalue weighted by Gasteiger charge is 2.34. The van der Waals surface area contributed by atoms with E-state index in [1.54, 1.807) is 13.3 Å². The average Bonchev–Trinajstić information content (AvgIpc) is 2.92. The van der Waals surface area contributed by atoms with E-state index in [1.807, 2.05) is 83.8 Å². The number of carbonyl (C=O) groups excluding carboxylic acids is 1. The van der Waals surface area contributed by atoms with Gasteiger partial charge in [-0.2, -0.15) is 0 Å². The summed E-state index contributed by atoms with van der Waals surface area (Å²) in [6.45, 7) is 1.06. The Morgan fingerprint density at radius 2 is 1.81 bits per heavy atom. The Hall–Kier alpha value is -3.55. The lowest BCUT2D eigenvalue weighted by atomic mass is 9.85. The van der Waals surface area contributed by atoms with Crippen LogP contribution in [0.3, 0.4) is 0 Å². The number of ether oxygens (including phenoxy) is 1. The molecule has 0 unspecified atom stereocenters. The molecule has 1 fully saturated rings. The fraction of sp³-hybridized carbons (Fsp3) is 0.241. The SMILES string of the molecule is COc1cccc(CC2(O)CCN(C(=O)c3ccc(NSc4cccc5cccnc45)cc3)CC2)c1. The topological polar surface area (TPSA) is 74.7 Å². The number of piperidine rings is 1. The monoisotopic (exact) mass is 499 g/mol. The number of likely N-dealkylation sites (tertiary alicyclic amines) is 1. The summed E-state index contributed by atoms with van der Waals surface area (Å²) in [7, 11) is 1.64. The van der Waals surface area contributed by atoms with E-state index in [-0.39, 0.29) is 5.91 Å². The molecule has 1 aliphatic rings. The van der Waals surface area contributed by atoms with Crippen LogP contribution in [0.2, 0.25) is 0 Å². The lowest BCUT2D eigenvalue weighted by molar-refractivity contribution is -0.0162. The van der Waals surface area contributed by atoms with Crippen LogP contribution >= 0.6 is 11.9 Å². The maximum atomic E-state index is 13.1. The molecular formula is C29H29N3O3S. The lowest BCUT2D eigenvalue weighted by Crippen LogP contribution is -2.47. The van der Waals surface area contributed by atoms with E-state index in [1.165, 1.54) is 11.9 Å². The van der Waals surface area contributed by atoms with Crippen LogP contribution in [0.5, 0.6) is 5.75 Å². The first kappa shape index (κ1) is 24.2. The molecule has 1 aliphatic heterocycles. The Morgan fingerprint density at radius 1 is 1.06 bits per heavy atom. The Bertz CT molecular complexity index is 1350. The van der Waals surface area contributed by atoms with E-state index >= 15 is 0 Å². The number of methoxy groups -OCH3 is 1. The van der Waals surface area contributed by atoms with E-state index in [4.69, 9.17) is 4.74 Å². The van der Waals surface area contributed by atoms with Crippen molar-refractivity contribution in [3.63, 3.8) is 0 Å². The van der Waals surface area contributed by atoms with Crippen molar-refractivity contribution in [2.75, 3.05) is 24.9 Å². The zero-order valence-electron chi connectivity index (χ0n) is 20.2. The molecule has 3 aromatic carbocycles. The van der Waals surface area contributed by atoms with E-state index in [0.717, 1.165) is 32.8 Å². The van der Waals surface area contributed by atoms with Gasteiger partial charge in [-0.05, 0) is 78.9 Å². The second kappa shape index (κ2) is 10.6. The second-order valence-corrected chi connectivity index (χ2v) is 10.0. The largest absolute Gasteiger partial charge is 0.497 e. The van der Waals surface area contributed by atoms with Gasteiger partial charge >= 0.3 is 0 Å². The first-order valence-corrected chi connectivity index (χ1v) is 12.9. The molecule has 1 aromatic heterocycles. The van der Waals surface area contributed by atoms with Crippen LogP contribution in [0.4, 0.5) is 5.69 Å². The summed E-state index contributed by atoms with van der Waals surface area (Å²) in [6, 6.07) is 25.4. The number of amides is 1. The summed E-state index contributed by atoms with van der Waals surface area (Å²) >= 11 is 1.50. The molecule has 5 rings (SSSR count). The van der Waals surface area contributed by atoms with E-state index in [0.29, 0.717) is 37.9 Å². The molecular weight excluding hydrogens is 470 g/mol. The van der Waals surface area contributed by atoms with Gasteiger partial charge in [-0.15, -0.1) is 0 Å². The summed E-state index contributed by atoms with van der Waals surface area (Å²) < 4.78 is 8.65. The zero-order chi connectivity index (χ0) is 25.0. The molecule has 4 aromatic rings. The van der Waals surface area contributed by atoms with Crippen LogP contribution in [0, 0.1) is 0 Å². The molecule has 6 nitrogen and oxygen atoms in total. The van der Waals surface area contributed by atoms with Gasteiger partial charge in [0.1, 0.15) is 5.75 Å². The Labute approximate surface area is 215 Å². The van der Waals surface area contributed by atoms with Crippen molar-refractivity contribution >= 4 is 34.4 Å². The van der Waals surface area contributed by atoms with Crippen molar-refractivity contribution in [3.05, 3.63) is 96.2 Å². The number of aromatic nitrogens is 1. The molecule has 1 amide bonds. The summed E-state index contributed by atoms with van der Waals surface area (Å²) in [6.07, 6.45) is 3.44. The van der Waals surface area contributed by atoms with Gasteiger partial charge in [-0.3, -0.25) is 9.78 Å². The third-order valence-electron chi connectivity index (χ3n) is 6.66. The molecule has 2 heterocycles. The van der Waals surface area contributed by atoms with Crippen LogP contribution in [0.1, 0.15) is 28.8 Å². The number of para-hydroxylation sites is 1. The number of benzene rings is 3. The lowest BCUT2D eigenvalue weighted by Gasteiger charge is -2.38. The predicted molar refractivity (Wildman–Crippen MR) is 144 cm³/mol. The highest BCUT2D eigenvalue weighted by Crippen LogP contribution is 2.30. The van der Waals surface area contributed by atoms with Crippen molar-refractivity contribution in [2.45, 2.75) is 29.8 Å². The van der Waals surface area contributed by atoms with Gasteiger partial charge in [0, 0.05) is 42.3 Å². The molecule has 1 saturated heterocycles. The number of aliphatic hydroxyl groups is 1. The van der Waals surface area contributed by atoms with Crippen LogP contribution < -0.4 is 9.46 Å². The van der Waals surface area contributed by atoms with Crippen molar-refractivity contribution < 1.29 is 14.6 Å². The van der Waals surface area contributed by atoms with E-state index in [2.05, 4.69) is 9.71 Å². The van der Waals surface area contributed by atoms with E-state index in [9.17, 15) is 9.90 Å². The Kier molecular flexibility index (Phi) is 7.11. The number of nitrogens with zero attached hydrogens (tertiary/aromatic N) is 2. The van der Waals surface area contributed by atoms with Crippen LogP contribution in [0.15, 0.2) is 90.0 Å². The molecule has 0 spiro atoms. The molecule has 36 heavy (non-hydrogen) atoms. The highest BCUT2D eigenvalue weighted by atomic mass is 32.2. The number of hydrogen-bond donors (Lipinski definition) is 2. The Morgan fingerprint density at radius 3 is 2.58 bits per heavy atom. The van der Waals surface area contributed by atoms with Crippen LogP contribution in [-0.2, 0) is 6.42 Å². The molecule has 7 heteroatoms. The minimum absolute atomic E-state index is 0.00381. The van der Waals surface area contributed by atoms with E-state index < -0.39 is 5.60 Å². The maximum absolute atomic E-state index is 13.1. The van der Waals surface area contributed by atoms with Crippen molar-refractivity contribution in [1.82, 2.24) is 9.88 Å². The van der Waals surface area contributed by atoms with Crippen LogP contribution in [0.25, 0.3) is 10.9 Å². The second-order valence-electron chi connectivity index (χ2n) is 9.16. The third-order valence-corrected chi connectivity index (χ3v) is 7.54. The Balaban J connectivity index is 1.16. The molecule has 0 saturated carbocycles. The number of anilines is 1. The van der Waals surface area contributed by atoms with Gasteiger partial charge in [0.15, 0.2) is 0 Å². The van der Waals surface area contributed by atoms with Gasteiger partial charge in [-0.1, -0.05) is 30.3 Å². The summed E-state index contributed by atoms with van der Waals surface area (Å²) in [5, 5.41) is 12.2. The molecule has 2 N–H and O–H groups in total. The third kappa shape index (κ3) is 5.48. The molecule has 0 atom stereocenters. The maximum Gasteiger partial charge on any atom is 0.253 e. The average molecular weight is 500 g/mol. The number of hydrogen-bond acceptors (Lipinski definition) is 6. The standard InChI is InChI=1S/C29H29N3O3S/c1-35-25-8-2-5-21(19-25)20-29(34)14-17-32(18-15-29)28(33)23-10-12-24(13-11-23)31-36-26-9-3-6-22-7-4-16-30-27(22)26/h2-13,16,19,31,34H,14-15,17-18,20H2,1H3. The van der Waals surface area contributed by atoms with Gasteiger partial charge < -0.3 is 19.5 Å². The first-order valence-electron chi connectivity index (χ1n) is 12.0. The van der Waals surface area contributed by atoms with Crippen molar-refractivity contribution in [3.8, 4) is 5.75 Å². The quantitative estimate of drug-likeness (QED) is 0.324. The minimum atomic E-state index is -0.815. The number of carbonyl (C=O) groups is 1. The minimum Gasteiger partial charge on any atom is -0.497 e. The number of rotatable bonds is 7. The molecule has 0 aliphatic carbocycles. The molecule has 0 bridgehead atoms. The predicted octanol–water partition coefficient (Wildman–Crippen LogP) is 5.57. The summed E-state index contributed by atoms with van der Waals surface area (Å²) in [5.41, 5.74) is 2.74. The summed E-state index contributed by atoms with van der Waals surface area (Å²) in [5.74, 6) is 0.782. The number of fused-ring (bicyclic) bond motifs is 1. The first-order chi connectivity index (χ1) is 17.5. The van der Waals surface area contributed by atoms with Gasteiger partial charge in [-0.25, -0.2) is 0 Å². The zero-order valence-corrected chi connectivity index (χ0v) is 21.0. The number of nitrogens with one attached hydrogen (secondary N) is 1. The van der Waals surface area contributed by atoms with Crippen LogP contribution in [-0.4, -0.2) is 46.7 Å². The normalized spacial score (nSPS) is 15.0. The molecule has 184 valence electrons. The van der Waals surface area contributed by atoms with Gasteiger partial charge in [0.25, 0.3) is 5.91 Å². The fourth-order valence-electron chi connectivity index (χ4n) is 4.60.